The number of fused-ring (bicyclic) bond motifs is 1. The lowest BCUT2D eigenvalue weighted by molar-refractivity contribution is 0.426. The van der Waals surface area contributed by atoms with Crippen molar-refractivity contribution >= 4 is 23.4 Å². The number of hydrogen-bond donors (Lipinski definition) is 2. The zero-order valence-corrected chi connectivity index (χ0v) is 8.93. The van der Waals surface area contributed by atoms with E-state index in [0.717, 1.165) is 10.8 Å². The molecule has 2 nitrogen and oxygen atoms in total. The highest BCUT2D eigenvalue weighted by molar-refractivity contribution is 6.62. The Balaban J connectivity index is 2.29. The highest BCUT2D eigenvalue weighted by atomic mass is 16.4. The van der Waals surface area contributed by atoms with Crippen molar-refractivity contribution in [3.63, 3.8) is 0 Å². The average molecular weight is 212 g/mol. The van der Waals surface area contributed by atoms with Gasteiger partial charge >= 0.3 is 7.12 Å². The molecule has 1 fully saturated rings. The van der Waals surface area contributed by atoms with E-state index in [-0.39, 0.29) is 0 Å². The second-order valence-electron chi connectivity index (χ2n) is 4.44. The van der Waals surface area contributed by atoms with Crippen molar-refractivity contribution in [2.24, 2.45) is 0 Å². The van der Waals surface area contributed by atoms with Crippen LogP contribution >= 0.6 is 0 Å². The largest absolute Gasteiger partial charge is 0.489 e. The summed E-state index contributed by atoms with van der Waals surface area (Å²) in [7, 11) is -1.39. The molecule has 2 N–H and O–H groups in total. The maximum atomic E-state index is 9.32. The summed E-state index contributed by atoms with van der Waals surface area (Å²) in [6.45, 7) is 0. The smallest absolute Gasteiger partial charge is 0.423 e. The molecule has 0 heterocycles. The van der Waals surface area contributed by atoms with Crippen LogP contribution in [0.4, 0.5) is 0 Å². The van der Waals surface area contributed by atoms with Gasteiger partial charge in [0.05, 0.1) is 0 Å². The molecule has 16 heavy (non-hydrogen) atoms. The summed E-state index contributed by atoms with van der Waals surface area (Å²) in [5.41, 5.74) is 1.94. The van der Waals surface area contributed by atoms with E-state index in [1.54, 1.807) is 0 Å². The Morgan fingerprint density at radius 3 is 2.25 bits per heavy atom. The van der Waals surface area contributed by atoms with E-state index in [2.05, 4.69) is 6.07 Å². The lowest BCUT2D eigenvalue weighted by Crippen LogP contribution is -2.30. The van der Waals surface area contributed by atoms with Crippen LogP contribution in [0.3, 0.4) is 0 Å². The molecule has 1 aliphatic carbocycles. The van der Waals surface area contributed by atoms with E-state index < -0.39 is 7.12 Å². The van der Waals surface area contributed by atoms with Gasteiger partial charge in [0.15, 0.2) is 0 Å². The first-order chi connectivity index (χ1) is 7.77. The lowest BCUT2D eigenvalue weighted by Gasteiger charge is -2.10. The van der Waals surface area contributed by atoms with Crippen molar-refractivity contribution in [3.8, 4) is 0 Å². The van der Waals surface area contributed by atoms with Gasteiger partial charge in [-0.2, -0.15) is 0 Å². The second-order valence-corrected chi connectivity index (χ2v) is 4.44. The second kappa shape index (κ2) is 3.61. The highest BCUT2D eigenvalue weighted by Crippen LogP contribution is 2.42. The van der Waals surface area contributed by atoms with Crippen molar-refractivity contribution in [3.05, 3.63) is 42.0 Å². The molecule has 0 amide bonds. The van der Waals surface area contributed by atoms with Crippen molar-refractivity contribution in [2.75, 3.05) is 0 Å². The highest BCUT2D eigenvalue weighted by Gasteiger charge is 2.26. The van der Waals surface area contributed by atoms with E-state index >= 15 is 0 Å². The van der Waals surface area contributed by atoms with Gasteiger partial charge in [0, 0.05) is 0 Å². The Kier molecular flexibility index (Phi) is 2.23. The first-order valence-corrected chi connectivity index (χ1v) is 5.65. The maximum absolute atomic E-state index is 9.32. The van der Waals surface area contributed by atoms with Gasteiger partial charge in [-0.25, -0.2) is 0 Å². The minimum Gasteiger partial charge on any atom is -0.423 e. The van der Waals surface area contributed by atoms with Crippen molar-refractivity contribution in [1.29, 1.82) is 0 Å². The fourth-order valence-corrected chi connectivity index (χ4v) is 2.32. The van der Waals surface area contributed by atoms with Crippen LogP contribution in [0, 0.1) is 0 Å². The normalized spacial score (nSPS) is 15.4. The van der Waals surface area contributed by atoms with Gasteiger partial charge in [0.25, 0.3) is 0 Å². The van der Waals surface area contributed by atoms with E-state index in [4.69, 9.17) is 0 Å². The fraction of sp³-hybridized carbons (Fsp3) is 0.231. The van der Waals surface area contributed by atoms with E-state index in [0.29, 0.717) is 11.4 Å². The molecule has 1 aliphatic rings. The van der Waals surface area contributed by atoms with Gasteiger partial charge in [-0.15, -0.1) is 0 Å². The number of rotatable bonds is 2. The molecule has 0 atom stereocenters. The number of hydrogen-bond acceptors (Lipinski definition) is 2. The van der Waals surface area contributed by atoms with Crippen LogP contribution in [0.1, 0.15) is 24.3 Å². The van der Waals surface area contributed by atoms with E-state index in [1.807, 2.05) is 30.3 Å². The standard InChI is InChI=1S/C13H13BO2/c15-14(16)13-8-7-10(9-5-6-9)11-3-1-2-4-12(11)13/h1-4,7-9,15-16H,5-6H2. The molecule has 0 aliphatic heterocycles. The minimum absolute atomic E-state index is 0.597. The monoisotopic (exact) mass is 212 g/mol. The summed E-state index contributed by atoms with van der Waals surface area (Å²) in [5, 5.41) is 20.8. The third-order valence-corrected chi connectivity index (χ3v) is 3.29. The fourth-order valence-electron chi connectivity index (χ4n) is 2.32. The Morgan fingerprint density at radius 1 is 0.938 bits per heavy atom. The molecule has 0 saturated heterocycles. The van der Waals surface area contributed by atoms with Crippen LogP contribution < -0.4 is 5.46 Å². The van der Waals surface area contributed by atoms with Crippen LogP contribution in [0.5, 0.6) is 0 Å². The topological polar surface area (TPSA) is 40.5 Å². The Hall–Kier alpha value is -1.32. The van der Waals surface area contributed by atoms with E-state index in [9.17, 15) is 10.0 Å². The average Bonchev–Trinajstić information content (AvgIpc) is 3.11. The molecule has 2 aromatic carbocycles. The zero-order chi connectivity index (χ0) is 11.1. The zero-order valence-electron chi connectivity index (χ0n) is 8.93. The summed E-state index contributed by atoms with van der Waals surface area (Å²) in [6, 6.07) is 11.8. The Bertz CT molecular complexity index is 492. The molecule has 0 unspecified atom stereocenters. The van der Waals surface area contributed by atoms with Crippen LogP contribution in [0.15, 0.2) is 36.4 Å². The van der Waals surface area contributed by atoms with E-state index in [1.165, 1.54) is 18.4 Å². The third-order valence-electron chi connectivity index (χ3n) is 3.29. The number of benzene rings is 2. The Labute approximate surface area is 94.7 Å². The summed E-state index contributed by atoms with van der Waals surface area (Å²) < 4.78 is 0. The molecule has 3 rings (SSSR count). The van der Waals surface area contributed by atoms with Gasteiger partial charge in [0.1, 0.15) is 0 Å². The molecular weight excluding hydrogens is 199 g/mol. The minimum atomic E-state index is -1.39. The molecule has 3 heteroatoms. The quantitative estimate of drug-likeness (QED) is 0.738. The van der Waals surface area contributed by atoms with Gasteiger partial charge in [-0.05, 0) is 40.6 Å². The maximum Gasteiger partial charge on any atom is 0.489 e. The first-order valence-electron chi connectivity index (χ1n) is 5.65. The lowest BCUT2D eigenvalue weighted by atomic mass is 9.76. The van der Waals surface area contributed by atoms with Crippen molar-refractivity contribution in [2.45, 2.75) is 18.8 Å². The summed E-state index contributed by atoms with van der Waals surface area (Å²) in [5.74, 6) is 0.676. The van der Waals surface area contributed by atoms with Gasteiger partial charge in [0.2, 0.25) is 0 Å². The molecule has 2 aromatic rings. The molecule has 0 radical (unpaired) electrons. The molecule has 0 spiro atoms. The third kappa shape index (κ3) is 1.53. The Morgan fingerprint density at radius 2 is 1.62 bits per heavy atom. The molecule has 0 aromatic heterocycles. The summed E-state index contributed by atoms with van der Waals surface area (Å²) >= 11 is 0. The van der Waals surface area contributed by atoms with Gasteiger partial charge in [-0.3, -0.25) is 0 Å². The molecule has 1 saturated carbocycles. The predicted molar refractivity (Wildman–Crippen MR) is 65.7 cm³/mol. The molecule has 80 valence electrons. The van der Waals surface area contributed by atoms with Crippen LogP contribution in [-0.2, 0) is 0 Å². The van der Waals surface area contributed by atoms with Crippen LogP contribution in [0.2, 0.25) is 0 Å². The SMILES string of the molecule is OB(O)c1ccc(C2CC2)c2ccccc12. The summed E-state index contributed by atoms with van der Waals surface area (Å²) in [4.78, 5) is 0. The van der Waals surface area contributed by atoms with Crippen molar-refractivity contribution in [1.82, 2.24) is 0 Å². The first kappa shape index (κ1) is 9.88. The van der Waals surface area contributed by atoms with Gasteiger partial charge in [-0.1, -0.05) is 36.4 Å². The summed E-state index contributed by atoms with van der Waals surface area (Å²) in [6.07, 6.45) is 2.51. The van der Waals surface area contributed by atoms with Crippen LogP contribution in [-0.4, -0.2) is 17.2 Å². The van der Waals surface area contributed by atoms with Gasteiger partial charge < -0.3 is 10.0 Å². The van der Waals surface area contributed by atoms with Crippen LogP contribution in [0.25, 0.3) is 10.8 Å². The molecule has 0 bridgehead atoms. The van der Waals surface area contributed by atoms with Crippen molar-refractivity contribution < 1.29 is 10.0 Å². The predicted octanol–water partition coefficient (Wildman–Crippen LogP) is 1.40. The molecular formula is C13H13BO2.